The van der Waals surface area contributed by atoms with Crippen LogP contribution in [-0.4, -0.2) is 11.3 Å². The maximum atomic E-state index is 10.6. The number of aromatic amines is 1. The molecule has 1 heterocycles. The molecule has 2 rings (SSSR count). The standard InChI is InChI=1S/C10H6N2O/c11-4-7-2-1-3-9-10(7)8(6-13)5-12-9/h1-3,5-6,12H. The van der Waals surface area contributed by atoms with Gasteiger partial charge in [-0.1, -0.05) is 6.07 Å². The van der Waals surface area contributed by atoms with Crippen molar-refractivity contribution in [2.24, 2.45) is 0 Å². The highest BCUT2D eigenvalue weighted by Gasteiger charge is 2.06. The van der Waals surface area contributed by atoms with Crippen LogP contribution in [0.1, 0.15) is 15.9 Å². The summed E-state index contributed by atoms with van der Waals surface area (Å²) < 4.78 is 0. The SMILES string of the molecule is N#Cc1cccc2[nH]cc(C=O)c12. The van der Waals surface area contributed by atoms with Crippen molar-refractivity contribution in [3.8, 4) is 6.07 Å². The fourth-order valence-electron chi connectivity index (χ4n) is 1.40. The molecule has 0 aliphatic rings. The van der Waals surface area contributed by atoms with Crippen LogP contribution in [0.5, 0.6) is 0 Å². The van der Waals surface area contributed by atoms with E-state index in [-0.39, 0.29) is 0 Å². The molecular formula is C10H6N2O. The van der Waals surface area contributed by atoms with Gasteiger partial charge < -0.3 is 4.98 Å². The molecule has 0 saturated heterocycles. The average molecular weight is 170 g/mol. The van der Waals surface area contributed by atoms with E-state index in [9.17, 15) is 4.79 Å². The lowest BCUT2D eigenvalue weighted by molar-refractivity contribution is 0.112. The normalized spacial score (nSPS) is 9.77. The third-order valence-corrected chi connectivity index (χ3v) is 1.98. The largest absolute Gasteiger partial charge is 0.360 e. The summed E-state index contributed by atoms with van der Waals surface area (Å²) in [4.78, 5) is 13.6. The van der Waals surface area contributed by atoms with Crippen molar-refractivity contribution in [2.75, 3.05) is 0 Å². The molecular weight excluding hydrogens is 164 g/mol. The van der Waals surface area contributed by atoms with Gasteiger partial charge in [0.15, 0.2) is 6.29 Å². The lowest BCUT2D eigenvalue weighted by Crippen LogP contribution is -1.80. The van der Waals surface area contributed by atoms with Gasteiger partial charge in [0.1, 0.15) is 0 Å². The number of rotatable bonds is 1. The molecule has 0 radical (unpaired) electrons. The van der Waals surface area contributed by atoms with Crippen molar-refractivity contribution in [1.82, 2.24) is 4.98 Å². The van der Waals surface area contributed by atoms with Gasteiger partial charge in [-0.05, 0) is 12.1 Å². The number of carbonyl (C=O) groups is 1. The number of benzene rings is 1. The Hall–Kier alpha value is -2.08. The lowest BCUT2D eigenvalue weighted by Gasteiger charge is -1.92. The van der Waals surface area contributed by atoms with E-state index in [0.29, 0.717) is 16.5 Å². The van der Waals surface area contributed by atoms with Gasteiger partial charge in [0.25, 0.3) is 0 Å². The highest BCUT2D eigenvalue weighted by Crippen LogP contribution is 2.20. The van der Waals surface area contributed by atoms with E-state index in [1.54, 1.807) is 18.3 Å². The van der Waals surface area contributed by atoms with E-state index in [1.807, 2.05) is 6.07 Å². The first-order chi connectivity index (χ1) is 6.36. The second-order valence-corrected chi connectivity index (χ2v) is 2.70. The van der Waals surface area contributed by atoms with E-state index in [0.717, 1.165) is 11.8 Å². The van der Waals surface area contributed by atoms with Gasteiger partial charge in [0, 0.05) is 22.7 Å². The van der Waals surface area contributed by atoms with E-state index < -0.39 is 0 Å². The van der Waals surface area contributed by atoms with E-state index in [1.165, 1.54) is 0 Å². The molecule has 0 aliphatic heterocycles. The van der Waals surface area contributed by atoms with Crippen molar-refractivity contribution < 1.29 is 4.79 Å². The number of aromatic nitrogens is 1. The number of fused-ring (bicyclic) bond motifs is 1. The first-order valence-electron chi connectivity index (χ1n) is 3.82. The molecule has 1 N–H and O–H groups in total. The topological polar surface area (TPSA) is 56.6 Å². The summed E-state index contributed by atoms with van der Waals surface area (Å²) in [6.07, 6.45) is 2.36. The van der Waals surface area contributed by atoms with Crippen LogP contribution < -0.4 is 0 Å². The Kier molecular flexibility index (Phi) is 1.60. The number of nitrogens with one attached hydrogen (secondary N) is 1. The highest BCUT2D eigenvalue weighted by atomic mass is 16.1. The molecule has 0 spiro atoms. The Bertz CT molecular complexity index is 505. The van der Waals surface area contributed by atoms with Gasteiger partial charge in [-0.3, -0.25) is 4.79 Å². The second-order valence-electron chi connectivity index (χ2n) is 2.70. The number of hydrogen-bond acceptors (Lipinski definition) is 2. The zero-order valence-corrected chi connectivity index (χ0v) is 6.74. The van der Waals surface area contributed by atoms with E-state index in [4.69, 9.17) is 5.26 Å². The average Bonchev–Trinajstić information content (AvgIpc) is 2.60. The Balaban J connectivity index is 2.93. The van der Waals surface area contributed by atoms with Crippen molar-refractivity contribution in [3.63, 3.8) is 0 Å². The molecule has 13 heavy (non-hydrogen) atoms. The Labute approximate surface area is 74.6 Å². The lowest BCUT2D eigenvalue weighted by atomic mass is 10.1. The monoisotopic (exact) mass is 170 g/mol. The fraction of sp³-hybridized carbons (Fsp3) is 0. The van der Waals surface area contributed by atoms with Crippen molar-refractivity contribution in [3.05, 3.63) is 35.5 Å². The molecule has 0 saturated carbocycles. The molecule has 0 fully saturated rings. The molecule has 3 heteroatoms. The summed E-state index contributed by atoms with van der Waals surface area (Å²) in [5.74, 6) is 0. The summed E-state index contributed by atoms with van der Waals surface area (Å²) in [5, 5.41) is 9.50. The Morgan fingerprint density at radius 3 is 3.00 bits per heavy atom. The first kappa shape index (κ1) is 7.56. The summed E-state index contributed by atoms with van der Waals surface area (Å²) in [6.45, 7) is 0. The zero-order chi connectivity index (χ0) is 9.26. The van der Waals surface area contributed by atoms with Crippen LogP contribution in [-0.2, 0) is 0 Å². The molecule has 3 nitrogen and oxygen atoms in total. The van der Waals surface area contributed by atoms with Crippen LogP contribution in [0.3, 0.4) is 0 Å². The predicted octanol–water partition coefficient (Wildman–Crippen LogP) is 1.85. The van der Waals surface area contributed by atoms with E-state index in [2.05, 4.69) is 11.1 Å². The van der Waals surface area contributed by atoms with Crippen LogP contribution in [0, 0.1) is 11.3 Å². The van der Waals surface area contributed by atoms with Gasteiger partial charge >= 0.3 is 0 Å². The van der Waals surface area contributed by atoms with Crippen molar-refractivity contribution in [2.45, 2.75) is 0 Å². The molecule has 0 amide bonds. The molecule has 62 valence electrons. The van der Waals surface area contributed by atoms with Gasteiger partial charge in [-0.15, -0.1) is 0 Å². The molecule has 0 unspecified atom stereocenters. The van der Waals surface area contributed by atoms with Crippen molar-refractivity contribution in [1.29, 1.82) is 5.26 Å². The fourth-order valence-corrected chi connectivity index (χ4v) is 1.40. The quantitative estimate of drug-likeness (QED) is 0.664. The van der Waals surface area contributed by atoms with Gasteiger partial charge in [0.2, 0.25) is 0 Å². The second kappa shape index (κ2) is 2.76. The number of nitrogens with zero attached hydrogens (tertiary/aromatic N) is 1. The minimum absolute atomic E-state index is 0.529. The van der Waals surface area contributed by atoms with E-state index >= 15 is 0 Å². The smallest absolute Gasteiger partial charge is 0.152 e. The molecule has 0 aliphatic carbocycles. The molecule has 0 atom stereocenters. The summed E-state index contributed by atoms with van der Waals surface area (Å²) >= 11 is 0. The van der Waals surface area contributed by atoms with Crippen LogP contribution >= 0.6 is 0 Å². The molecule has 1 aromatic carbocycles. The van der Waals surface area contributed by atoms with Crippen LogP contribution in [0.25, 0.3) is 10.9 Å². The predicted molar refractivity (Wildman–Crippen MR) is 48.4 cm³/mol. The van der Waals surface area contributed by atoms with Crippen molar-refractivity contribution >= 4 is 17.2 Å². The summed E-state index contributed by atoms with van der Waals surface area (Å²) in [5.41, 5.74) is 1.88. The molecule has 2 aromatic rings. The number of aldehydes is 1. The number of nitriles is 1. The molecule has 0 bridgehead atoms. The minimum Gasteiger partial charge on any atom is -0.360 e. The number of H-pyrrole nitrogens is 1. The molecule has 1 aromatic heterocycles. The zero-order valence-electron chi connectivity index (χ0n) is 6.74. The maximum Gasteiger partial charge on any atom is 0.152 e. The van der Waals surface area contributed by atoms with Gasteiger partial charge in [-0.2, -0.15) is 5.26 Å². The Morgan fingerprint density at radius 2 is 2.31 bits per heavy atom. The first-order valence-corrected chi connectivity index (χ1v) is 3.82. The highest BCUT2D eigenvalue weighted by molar-refractivity contribution is 6.00. The maximum absolute atomic E-state index is 10.6. The minimum atomic E-state index is 0.529. The van der Waals surface area contributed by atoms with Crippen LogP contribution in [0.15, 0.2) is 24.4 Å². The third kappa shape index (κ3) is 1.00. The summed E-state index contributed by atoms with van der Waals surface area (Å²) in [7, 11) is 0. The third-order valence-electron chi connectivity index (χ3n) is 1.98. The number of carbonyl (C=O) groups excluding carboxylic acids is 1. The number of hydrogen-bond donors (Lipinski definition) is 1. The van der Waals surface area contributed by atoms with Crippen LogP contribution in [0.2, 0.25) is 0 Å². The summed E-state index contributed by atoms with van der Waals surface area (Å²) in [6, 6.07) is 7.37. The van der Waals surface area contributed by atoms with Gasteiger partial charge in [-0.25, -0.2) is 0 Å². The van der Waals surface area contributed by atoms with Gasteiger partial charge in [0.05, 0.1) is 11.6 Å². The Morgan fingerprint density at radius 1 is 1.46 bits per heavy atom. The van der Waals surface area contributed by atoms with Crippen LogP contribution in [0.4, 0.5) is 0 Å².